The van der Waals surface area contributed by atoms with Crippen LogP contribution in [-0.2, 0) is 4.43 Å². The highest BCUT2D eigenvalue weighted by molar-refractivity contribution is 6.79. The van der Waals surface area contributed by atoms with Crippen molar-refractivity contribution >= 4 is 14.0 Å². The lowest BCUT2D eigenvalue weighted by molar-refractivity contribution is -0.384. The topological polar surface area (TPSA) is 52.4 Å². The van der Waals surface area contributed by atoms with E-state index < -0.39 is 8.32 Å². The second-order valence-electron chi connectivity index (χ2n) is 15.4. The monoisotopic (exact) mass is 569 g/mol. The highest BCUT2D eigenvalue weighted by Gasteiger charge is 2.63. The summed E-state index contributed by atoms with van der Waals surface area (Å²) in [6.45, 7) is 24.5. The summed E-state index contributed by atoms with van der Waals surface area (Å²) in [5.41, 5.74) is 2.63. The molecule has 5 heteroatoms. The summed E-state index contributed by atoms with van der Waals surface area (Å²) >= 11 is 0. The van der Waals surface area contributed by atoms with Gasteiger partial charge in [-0.3, -0.25) is 10.1 Å². The Labute approximate surface area is 247 Å². The highest BCUT2D eigenvalue weighted by Crippen LogP contribution is 2.64. The molecule has 2 saturated carbocycles. The number of nitro groups is 1. The second kappa shape index (κ2) is 13.6. The lowest BCUT2D eigenvalue weighted by Crippen LogP contribution is -2.60. The van der Waals surface area contributed by atoms with Crippen molar-refractivity contribution < 1.29 is 9.35 Å². The van der Waals surface area contributed by atoms with E-state index in [0.717, 1.165) is 35.7 Å². The zero-order valence-electron chi connectivity index (χ0n) is 27.3. The lowest BCUT2D eigenvalue weighted by Gasteiger charge is -2.59. The molecule has 0 aliphatic heterocycles. The molecule has 0 N–H and O–H groups in total. The summed E-state index contributed by atoms with van der Waals surface area (Å²) in [6, 6.07) is 7.05. The van der Waals surface area contributed by atoms with Crippen LogP contribution in [0.15, 0.2) is 36.6 Å². The highest BCUT2D eigenvalue weighted by atomic mass is 28.4. The summed E-state index contributed by atoms with van der Waals surface area (Å²) in [5, 5.41) is 11.2. The van der Waals surface area contributed by atoms with Crippen molar-refractivity contribution in [3.63, 3.8) is 0 Å². The molecule has 0 bridgehead atoms. The van der Waals surface area contributed by atoms with Gasteiger partial charge in [-0.2, -0.15) is 0 Å². The minimum Gasteiger partial charge on any atom is -0.548 e. The maximum atomic E-state index is 11.1. The maximum absolute atomic E-state index is 11.1. The van der Waals surface area contributed by atoms with Gasteiger partial charge in [0.05, 0.1) is 11.2 Å². The van der Waals surface area contributed by atoms with Crippen molar-refractivity contribution in [3.05, 3.63) is 52.3 Å². The molecule has 0 saturated heterocycles. The Balaban J connectivity index is 2.00. The van der Waals surface area contributed by atoms with Crippen LogP contribution in [0.4, 0.5) is 5.69 Å². The van der Waals surface area contributed by atoms with E-state index in [0.29, 0.717) is 22.9 Å². The molecule has 0 amide bonds. The van der Waals surface area contributed by atoms with Gasteiger partial charge in [-0.15, -0.1) is 0 Å². The minimum absolute atomic E-state index is 0.130. The number of hydrogen-bond donors (Lipinski definition) is 0. The van der Waals surface area contributed by atoms with Crippen molar-refractivity contribution in [2.45, 2.75) is 136 Å². The molecule has 1 aromatic carbocycles. The first-order chi connectivity index (χ1) is 18.7. The van der Waals surface area contributed by atoms with Crippen LogP contribution in [-0.4, -0.2) is 13.2 Å². The van der Waals surface area contributed by atoms with Gasteiger partial charge in [0.25, 0.3) is 14.0 Å². The number of nitrogens with zero attached hydrogens (tertiary/aromatic N) is 1. The van der Waals surface area contributed by atoms with Crippen LogP contribution in [0.1, 0.15) is 126 Å². The van der Waals surface area contributed by atoms with E-state index in [1.165, 1.54) is 38.5 Å². The van der Waals surface area contributed by atoms with Gasteiger partial charge in [0.1, 0.15) is 0 Å². The predicted octanol–water partition coefficient (Wildman–Crippen LogP) is 11.3. The van der Waals surface area contributed by atoms with Crippen LogP contribution in [0, 0.1) is 45.6 Å². The largest absolute Gasteiger partial charge is 0.548 e. The van der Waals surface area contributed by atoms with Crippen LogP contribution >= 0.6 is 0 Å². The van der Waals surface area contributed by atoms with Crippen molar-refractivity contribution in [1.82, 2.24) is 0 Å². The Kier molecular flexibility index (Phi) is 11.2. The van der Waals surface area contributed by atoms with Crippen molar-refractivity contribution in [1.29, 1.82) is 0 Å². The van der Waals surface area contributed by atoms with E-state index in [-0.39, 0.29) is 21.6 Å². The number of hydrogen-bond acceptors (Lipinski definition) is 3. The average Bonchev–Trinajstić information content (AvgIpc) is 2.87. The Hall–Kier alpha value is -1.62. The Morgan fingerprint density at radius 3 is 1.77 bits per heavy atom. The third-order valence-electron chi connectivity index (χ3n) is 10.8. The van der Waals surface area contributed by atoms with E-state index in [1.54, 1.807) is 12.1 Å². The molecular formula is C35H59NO3Si. The van der Waals surface area contributed by atoms with E-state index >= 15 is 0 Å². The molecule has 7 atom stereocenters. The van der Waals surface area contributed by atoms with Gasteiger partial charge >= 0.3 is 0 Å². The zero-order chi connectivity index (χ0) is 29.8. The van der Waals surface area contributed by atoms with Gasteiger partial charge < -0.3 is 4.43 Å². The standard InChI is InChI=1S/C35H59NO3Si/c1-24(2)31-19-13-26(5)22-33(31)40(35(8,9)10,34-23-27(6)14-20-32(34)25(3)4)39-21-11-12-28(7)29-15-17-30(18-16-29)36(37)38/h11,15-18,21,24-28,31-34H,12-14,19-20,22-23H2,1-10H3. The van der Waals surface area contributed by atoms with Crippen LogP contribution in [0.25, 0.3) is 0 Å². The molecule has 0 spiro atoms. The van der Waals surface area contributed by atoms with Gasteiger partial charge in [-0.05, 0) is 95.2 Å². The molecule has 2 aliphatic carbocycles. The lowest BCUT2D eigenvalue weighted by atomic mass is 9.76. The Morgan fingerprint density at radius 2 is 1.38 bits per heavy atom. The number of allylic oxidation sites excluding steroid dienone is 1. The first kappa shape index (κ1) is 32.9. The number of rotatable bonds is 10. The fourth-order valence-corrected chi connectivity index (χ4v) is 16.3. The van der Waals surface area contributed by atoms with Gasteiger partial charge in [-0.1, -0.05) is 100 Å². The summed E-state index contributed by atoms with van der Waals surface area (Å²) in [6.07, 6.45) is 13.3. The number of nitro benzene ring substituents is 1. The third-order valence-corrected chi connectivity index (χ3v) is 17.2. The molecule has 3 rings (SSSR count). The normalized spacial score (nSPS) is 30.4. The quantitative estimate of drug-likeness (QED) is 0.122. The predicted molar refractivity (Wildman–Crippen MR) is 172 cm³/mol. The SMILES string of the molecule is CC1CCC(C(C)C)C([Si](OC=CCC(C)c2ccc([N+](=O)[O-])cc2)(C2CC(C)CCC2C(C)C)C(C)(C)C)C1. The van der Waals surface area contributed by atoms with E-state index in [9.17, 15) is 10.1 Å². The third kappa shape index (κ3) is 7.23. The molecule has 0 radical (unpaired) electrons. The fraction of sp³-hybridized carbons (Fsp3) is 0.771. The van der Waals surface area contributed by atoms with E-state index in [1.807, 2.05) is 12.1 Å². The summed E-state index contributed by atoms with van der Waals surface area (Å²) < 4.78 is 7.54. The first-order valence-electron chi connectivity index (χ1n) is 16.3. The smallest absolute Gasteiger partial charge is 0.269 e. The van der Waals surface area contributed by atoms with Crippen LogP contribution in [0.5, 0.6) is 0 Å². The molecule has 226 valence electrons. The summed E-state index contributed by atoms with van der Waals surface area (Å²) in [7, 11) is -2.36. The zero-order valence-corrected chi connectivity index (χ0v) is 28.3. The molecule has 7 unspecified atom stereocenters. The van der Waals surface area contributed by atoms with Gasteiger partial charge in [0.2, 0.25) is 0 Å². The van der Waals surface area contributed by atoms with Gasteiger partial charge in [0, 0.05) is 12.1 Å². The molecule has 2 fully saturated rings. The molecule has 1 aromatic rings. The Bertz CT molecular complexity index is 947. The van der Waals surface area contributed by atoms with Gasteiger partial charge in [0.15, 0.2) is 0 Å². The van der Waals surface area contributed by atoms with Crippen LogP contribution < -0.4 is 0 Å². The Morgan fingerprint density at radius 1 is 0.900 bits per heavy atom. The molecule has 4 nitrogen and oxygen atoms in total. The number of non-ortho nitro benzene ring substituents is 1. The minimum atomic E-state index is -2.36. The maximum Gasteiger partial charge on any atom is 0.269 e. The molecule has 2 aliphatic rings. The first-order valence-corrected chi connectivity index (χ1v) is 18.3. The van der Waals surface area contributed by atoms with E-state index in [2.05, 4.69) is 81.6 Å². The van der Waals surface area contributed by atoms with Crippen LogP contribution in [0.3, 0.4) is 0 Å². The van der Waals surface area contributed by atoms with E-state index in [4.69, 9.17) is 4.43 Å². The fourth-order valence-electron chi connectivity index (χ4n) is 8.61. The summed E-state index contributed by atoms with van der Waals surface area (Å²) in [5.74, 6) is 4.65. The van der Waals surface area contributed by atoms with Crippen molar-refractivity contribution in [3.8, 4) is 0 Å². The van der Waals surface area contributed by atoms with Crippen molar-refractivity contribution in [2.24, 2.45) is 35.5 Å². The summed E-state index contributed by atoms with van der Waals surface area (Å²) in [4.78, 5) is 10.8. The van der Waals surface area contributed by atoms with Crippen molar-refractivity contribution in [2.75, 3.05) is 0 Å². The molecule has 40 heavy (non-hydrogen) atoms. The number of benzene rings is 1. The average molecular weight is 570 g/mol. The second-order valence-corrected chi connectivity index (χ2v) is 20.2. The molecule has 0 heterocycles. The molecule has 0 aromatic heterocycles. The van der Waals surface area contributed by atoms with Gasteiger partial charge in [-0.25, -0.2) is 0 Å². The van der Waals surface area contributed by atoms with Crippen LogP contribution in [0.2, 0.25) is 16.1 Å². The molecular weight excluding hydrogens is 510 g/mol.